The maximum atomic E-state index is 13.6. The first-order valence-electron chi connectivity index (χ1n) is 11.7. The molecular formula is C23H40N2O5. The zero-order valence-electron chi connectivity index (χ0n) is 19.4. The second-order valence-corrected chi connectivity index (χ2v) is 10.2. The lowest BCUT2D eigenvalue weighted by Crippen LogP contribution is -2.73. The number of carbonyl (C=O) groups is 2. The molecule has 3 fully saturated rings. The summed E-state index contributed by atoms with van der Waals surface area (Å²) in [6, 6.07) is 0. The Morgan fingerprint density at radius 2 is 1.57 bits per heavy atom. The van der Waals surface area contributed by atoms with E-state index in [1.54, 1.807) is 0 Å². The molecule has 1 saturated carbocycles. The summed E-state index contributed by atoms with van der Waals surface area (Å²) in [5, 5.41) is 0. The standard InChI is InChI=1S/C23H40N2O5/c1-6-28-20(26)18-9-11-19(12-10-18)29-23(24-13-7-8-14-24,25-15-17(2)16-25)21(27)30-22(3,4)5/h17-19H,6-16H2,1-5H3/t18-,19-,23?. The molecule has 0 amide bonds. The van der Waals surface area contributed by atoms with Crippen LogP contribution in [-0.4, -0.2) is 72.1 Å². The number of likely N-dealkylation sites (tertiary alicyclic amines) is 2. The summed E-state index contributed by atoms with van der Waals surface area (Å²) >= 11 is 0. The predicted octanol–water partition coefficient (Wildman–Crippen LogP) is 3.17. The van der Waals surface area contributed by atoms with Gasteiger partial charge in [0.1, 0.15) is 5.60 Å². The summed E-state index contributed by atoms with van der Waals surface area (Å²) < 4.78 is 17.9. The molecule has 0 aromatic carbocycles. The fourth-order valence-corrected chi connectivity index (χ4v) is 4.88. The van der Waals surface area contributed by atoms with Gasteiger partial charge in [-0.3, -0.25) is 14.6 Å². The summed E-state index contributed by atoms with van der Waals surface area (Å²) in [4.78, 5) is 30.1. The highest BCUT2D eigenvalue weighted by Crippen LogP contribution is 2.39. The average Bonchev–Trinajstić information content (AvgIpc) is 3.18. The zero-order chi connectivity index (χ0) is 21.9. The molecule has 0 N–H and O–H groups in total. The Balaban J connectivity index is 1.78. The van der Waals surface area contributed by atoms with Crippen molar-refractivity contribution < 1.29 is 23.8 Å². The highest BCUT2D eigenvalue weighted by molar-refractivity contribution is 5.79. The molecule has 2 saturated heterocycles. The van der Waals surface area contributed by atoms with Gasteiger partial charge in [0, 0.05) is 26.2 Å². The molecule has 1 unspecified atom stereocenters. The van der Waals surface area contributed by atoms with Crippen LogP contribution in [0.15, 0.2) is 0 Å². The van der Waals surface area contributed by atoms with Gasteiger partial charge in [0.2, 0.25) is 0 Å². The lowest BCUT2D eigenvalue weighted by molar-refractivity contribution is -0.293. The van der Waals surface area contributed by atoms with Crippen molar-refractivity contribution in [3.63, 3.8) is 0 Å². The second-order valence-electron chi connectivity index (χ2n) is 10.2. The molecule has 0 aromatic rings. The van der Waals surface area contributed by atoms with Gasteiger partial charge in [-0.15, -0.1) is 0 Å². The van der Waals surface area contributed by atoms with Gasteiger partial charge in [-0.1, -0.05) is 6.92 Å². The van der Waals surface area contributed by atoms with Crippen molar-refractivity contribution >= 4 is 11.9 Å². The van der Waals surface area contributed by atoms with Gasteiger partial charge in [-0.25, -0.2) is 4.79 Å². The van der Waals surface area contributed by atoms with E-state index in [2.05, 4.69) is 16.7 Å². The normalized spacial score (nSPS) is 28.6. The number of hydrogen-bond donors (Lipinski definition) is 0. The predicted molar refractivity (Wildman–Crippen MR) is 114 cm³/mol. The van der Waals surface area contributed by atoms with E-state index >= 15 is 0 Å². The van der Waals surface area contributed by atoms with Crippen LogP contribution in [0.25, 0.3) is 0 Å². The summed E-state index contributed by atoms with van der Waals surface area (Å²) in [5.74, 6) is -1.08. The van der Waals surface area contributed by atoms with Crippen LogP contribution in [0.2, 0.25) is 0 Å². The van der Waals surface area contributed by atoms with Crippen LogP contribution < -0.4 is 0 Å². The highest BCUT2D eigenvalue weighted by Gasteiger charge is 2.57. The fourth-order valence-electron chi connectivity index (χ4n) is 4.88. The molecule has 1 aliphatic carbocycles. The molecule has 1 atom stereocenters. The summed E-state index contributed by atoms with van der Waals surface area (Å²) in [7, 11) is 0. The monoisotopic (exact) mass is 424 g/mol. The number of nitrogens with zero attached hydrogens (tertiary/aromatic N) is 2. The first kappa shape index (κ1) is 23.5. The first-order chi connectivity index (χ1) is 14.2. The van der Waals surface area contributed by atoms with Crippen LogP contribution in [0.1, 0.15) is 73.1 Å². The van der Waals surface area contributed by atoms with Crippen molar-refractivity contribution in [1.82, 2.24) is 9.80 Å². The molecule has 0 spiro atoms. The van der Waals surface area contributed by atoms with Crippen molar-refractivity contribution in [2.45, 2.75) is 90.7 Å². The molecule has 2 heterocycles. The maximum absolute atomic E-state index is 13.6. The molecule has 7 heteroatoms. The van der Waals surface area contributed by atoms with E-state index in [1.165, 1.54) is 0 Å². The molecule has 0 bridgehead atoms. The van der Waals surface area contributed by atoms with Gasteiger partial charge in [-0.2, -0.15) is 0 Å². The Kier molecular flexibility index (Phi) is 7.46. The highest BCUT2D eigenvalue weighted by atomic mass is 16.6. The summed E-state index contributed by atoms with van der Waals surface area (Å²) in [6.07, 6.45) is 5.05. The van der Waals surface area contributed by atoms with Crippen LogP contribution in [-0.2, 0) is 23.8 Å². The topological polar surface area (TPSA) is 68.3 Å². The molecule has 2 aliphatic heterocycles. The van der Waals surface area contributed by atoms with E-state index in [4.69, 9.17) is 14.2 Å². The van der Waals surface area contributed by atoms with Gasteiger partial charge in [0.05, 0.1) is 18.6 Å². The van der Waals surface area contributed by atoms with Crippen LogP contribution in [0.4, 0.5) is 0 Å². The van der Waals surface area contributed by atoms with Crippen LogP contribution in [0, 0.1) is 11.8 Å². The van der Waals surface area contributed by atoms with Crippen LogP contribution in [0.3, 0.4) is 0 Å². The average molecular weight is 425 g/mol. The third-order valence-electron chi connectivity index (χ3n) is 6.32. The second kappa shape index (κ2) is 9.53. The Bertz CT molecular complexity index is 599. The Labute approximate surface area is 181 Å². The lowest BCUT2D eigenvalue weighted by atomic mass is 9.87. The molecule has 0 aromatic heterocycles. The van der Waals surface area contributed by atoms with Crippen LogP contribution in [0.5, 0.6) is 0 Å². The quantitative estimate of drug-likeness (QED) is 0.582. The molecule has 3 rings (SSSR count). The number of esters is 2. The molecule has 3 aliphatic rings. The molecule has 172 valence electrons. The van der Waals surface area contributed by atoms with Gasteiger partial charge in [0.25, 0.3) is 5.85 Å². The Hall–Kier alpha value is -1.18. The maximum Gasteiger partial charge on any atom is 0.371 e. The number of ether oxygens (including phenoxy) is 3. The zero-order valence-corrected chi connectivity index (χ0v) is 19.4. The molecule has 7 nitrogen and oxygen atoms in total. The van der Waals surface area contributed by atoms with E-state index in [1.807, 2.05) is 27.7 Å². The third-order valence-corrected chi connectivity index (χ3v) is 6.32. The largest absolute Gasteiger partial charge is 0.466 e. The fraction of sp³-hybridized carbons (Fsp3) is 0.913. The summed E-state index contributed by atoms with van der Waals surface area (Å²) in [6.45, 7) is 13.5. The smallest absolute Gasteiger partial charge is 0.371 e. The number of carbonyl (C=O) groups excluding carboxylic acids is 2. The summed E-state index contributed by atoms with van der Waals surface area (Å²) in [5.41, 5.74) is -0.580. The minimum Gasteiger partial charge on any atom is -0.466 e. The van der Waals surface area contributed by atoms with E-state index in [-0.39, 0.29) is 24.0 Å². The van der Waals surface area contributed by atoms with Gasteiger partial charge < -0.3 is 14.2 Å². The van der Waals surface area contributed by atoms with Crippen molar-refractivity contribution in [3.8, 4) is 0 Å². The minimum absolute atomic E-state index is 0.0588. The SMILES string of the molecule is CCOC(=O)[C@H]1CC[C@H](OC(C(=O)OC(C)(C)C)(N2CCCC2)N2CC(C)C2)CC1. The van der Waals surface area contributed by atoms with E-state index < -0.39 is 11.4 Å². The third kappa shape index (κ3) is 5.17. The molecule has 0 radical (unpaired) electrons. The minimum atomic E-state index is -1.16. The Morgan fingerprint density at radius 3 is 2.07 bits per heavy atom. The van der Waals surface area contributed by atoms with E-state index in [0.29, 0.717) is 12.5 Å². The van der Waals surface area contributed by atoms with Gasteiger partial charge in [-0.05, 0) is 72.1 Å². The van der Waals surface area contributed by atoms with E-state index in [9.17, 15) is 9.59 Å². The number of hydrogen-bond acceptors (Lipinski definition) is 7. The molecule has 30 heavy (non-hydrogen) atoms. The van der Waals surface area contributed by atoms with Crippen molar-refractivity contribution in [1.29, 1.82) is 0 Å². The van der Waals surface area contributed by atoms with Gasteiger partial charge in [0.15, 0.2) is 0 Å². The van der Waals surface area contributed by atoms with Crippen molar-refractivity contribution in [2.75, 3.05) is 32.8 Å². The Morgan fingerprint density at radius 1 is 0.967 bits per heavy atom. The molecular weight excluding hydrogens is 384 g/mol. The first-order valence-corrected chi connectivity index (χ1v) is 11.7. The van der Waals surface area contributed by atoms with Gasteiger partial charge >= 0.3 is 11.9 Å². The van der Waals surface area contributed by atoms with E-state index in [0.717, 1.165) is 64.7 Å². The van der Waals surface area contributed by atoms with Crippen molar-refractivity contribution in [2.24, 2.45) is 11.8 Å². The van der Waals surface area contributed by atoms with Crippen LogP contribution >= 0.6 is 0 Å². The number of rotatable bonds is 7. The lowest BCUT2D eigenvalue weighted by Gasteiger charge is -2.54. The van der Waals surface area contributed by atoms with Crippen molar-refractivity contribution in [3.05, 3.63) is 0 Å².